The van der Waals surface area contributed by atoms with Crippen LogP contribution in [0.3, 0.4) is 0 Å². The van der Waals surface area contributed by atoms with E-state index in [9.17, 15) is 4.79 Å². The van der Waals surface area contributed by atoms with E-state index in [4.69, 9.17) is 0 Å². The van der Waals surface area contributed by atoms with Gasteiger partial charge in [0.15, 0.2) is 0 Å². The third-order valence-electron chi connectivity index (χ3n) is 8.13. The zero-order chi connectivity index (χ0) is 22.1. The van der Waals surface area contributed by atoms with Gasteiger partial charge in [0.05, 0.1) is 0 Å². The molecule has 1 aliphatic carbocycles. The summed E-state index contributed by atoms with van der Waals surface area (Å²) in [6.45, 7) is 8.50. The van der Waals surface area contributed by atoms with Crippen LogP contribution in [0.2, 0.25) is 0 Å². The Hall–Kier alpha value is -2.17. The van der Waals surface area contributed by atoms with Crippen molar-refractivity contribution in [3.05, 3.63) is 71.8 Å². The summed E-state index contributed by atoms with van der Waals surface area (Å²) in [7, 11) is 0. The fourth-order valence-corrected chi connectivity index (χ4v) is 6.82. The number of fused-ring (bicyclic) bond motifs is 1. The zero-order valence-corrected chi connectivity index (χ0v) is 19.5. The molecule has 4 aliphatic rings. The Morgan fingerprint density at radius 1 is 1.09 bits per heavy atom. The second-order valence-electron chi connectivity index (χ2n) is 10.6. The van der Waals surface area contributed by atoms with Crippen molar-refractivity contribution in [2.75, 3.05) is 19.6 Å². The molecule has 4 fully saturated rings. The fraction of sp³-hybridized carbons (Fsp3) is 0.536. The molecule has 3 heterocycles. The van der Waals surface area contributed by atoms with E-state index in [1.807, 2.05) is 18.2 Å². The highest BCUT2D eigenvalue weighted by molar-refractivity contribution is 5.87. The average molecular weight is 432 g/mol. The third kappa shape index (κ3) is 3.99. The molecule has 3 aliphatic heterocycles. The molecular formula is C28H37N3O. The van der Waals surface area contributed by atoms with Crippen molar-refractivity contribution in [2.24, 2.45) is 23.7 Å². The first-order valence-corrected chi connectivity index (χ1v) is 12.4. The summed E-state index contributed by atoms with van der Waals surface area (Å²) in [4.78, 5) is 16.7. The number of likely N-dealkylation sites (tertiary alicyclic amines) is 1. The van der Waals surface area contributed by atoms with Crippen molar-refractivity contribution in [3.63, 3.8) is 0 Å². The third-order valence-corrected chi connectivity index (χ3v) is 8.13. The normalized spacial score (nSPS) is 31.6. The SMILES string of the molecule is CC(C)CN1CCC2CC3(C(=O)NCc4ccccc4)NCC2C1C3Cc1ccccc1. The molecule has 0 spiro atoms. The van der Waals surface area contributed by atoms with Gasteiger partial charge in [-0.15, -0.1) is 0 Å². The predicted octanol–water partition coefficient (Wildman–Crippen LogP) is 3.87. The van der Waals surface area contributed by atoms with E-state index >= 15 is 0 Å². The van der Waals surface area contributed by atoms with Gasteiger partial charge in [0.25, 0.3) is 0 Å². The van der Waals surface area contributed by atoms with Gasteiger partial charge in [-0.2, -0.15) is 0 Å². The average Bonchev–Trinajstić information content (AvgIpc) is 2.82. The van der Waals surface area contributed by atoms with E-state index in [0.29, 0.717) is 30.3 Å². The summed E-state index contributed by atoms with van der Waals surface area (Å²) in [5.41, 5.74) is 2.02. The maximum atomic E-state index is 13.9. The van der Waals surface area contributed by atoms with Crippen LogP contribution >= 0.6 is 0 Å². The maximum Gasteiger partial charge on any atom is 0.240 e. The Balaban J connectivity index is 1.46. The van der Waals surface area contributed by atoms with Gasteiger partial charge in [-0.05, 0) is 54.7 Å². The molecule has 0 aromatic heterocycles. The van der Waals surface area contributed by atoms with Gasteiger partial charge in [0, 0.05) is 31.6 Å². The molecular weight excluding hydrogens is 394 g/mol. The van der Waals surface area contributed by atoms with Gasteiger partial charge in [0.2, 0.25) is 5.91 Å². The van der Waals surface area contributed by atoms with E-state index in [0.717, 1.165) is 31.5 Å². The molecule has 3 saturated heterocycles. The molecule has 6 rings (SSSR count). The summed E-state index contributed by atoms with van der Waals surface area (Å²) < 4.78 is 0. The Morgan fingerprint density at radius 2 is 1.78 bits per heavy atom. The van der Waals surface area contributed by atoms with Crippen LogP contribution in [0.4, 0.5) is 0 Å². The molecule has 5 unspecified atom stereocenters. The summed E-state index contributed by atoms with van der Waals surface area (Å²) in [5.74, 6) is 2.43. The summed E-state index contributed by atoms with van der Waals surface area (Å²) in [6, 6.07) is 21.5. The first-order chi connectivity index (χ1) is 15.6. The summed E-state index contributed by atoms with van der Waals surface area (Å²) >= 11 is 0. The molecule has 4 heteroatoms. The fourth-order valence-electron chi connectivity index (χ4n) is 6.82. The van der Waals surface area contributed by atoms with Gasteiger partial charge in [-0.1, -0.05) is 74.5 Å². The molecule has 1 saturated carbocycles. The lowest BCUT2D eigenvalue weighted by molar-refractivity contribution is -0.154. The Labute approximate surface area is 192 Å². The summed E-state index contributed by atoms with van der Waals surface area (Å²) in [6.07, 6.45) is 3.15. The Kier molecular flexibility index (Phi) is 6.09. The van der Waals surface area contributed by atoms with Crippen molar-refractivity contribution in [1.82, 2.24) is 15.5 Å². The van der Waals surface area contributed by atoms with Crippen molar-refractivity contribution < 1.29 is 4.79 Å². The topological polar surface area (TPSA) is 44.4 Å². The van der Waals surface area contributed by atoms with Gasteiger partial charge in [0.1, 0.15) is 5.54 Å². The number of hydrogen-bond donors (Lipinski definition) is 2. The monoisotopic (exact) mass is 431 g/mol. The van der Waals surface area contributed by atoms with Crippen LogP contribution in [0, 0.1) is 23.7 Å². The van der Waals surface area contributed by atoms with Crippen LogP contribution in [0.25, 0.3) is 0 Å². The predicted molar refractivity (Wildman–Crippen MR) is 129 cm³/mol. The van der Waals surface area contributed by atoms with E-state index in [2.05, 4.69) is 71.8 Å². The van der Waals surface area contributed by atoms with E-state index < -0.39 is 5.54 Å². The van der Waals surface area contributed by atoms with Crippen molar-refractivity contribution in [3.8, 4) is 0 Å². The number of rotatable bonds is 7. The zero-order valence-electron chi connectivity index (χ0n) is 19.5. The minimum absolute atomic E-state index is 0.196. The van der Waals surface area contributed by atoms with Crippen LogP contribution in [0.15, 0.2) is 60.7 Å². The largest absolute Gasteiger partial charge is 0.350 e. The minimum Gasteiger partial charge on any atom is -0.350 e. The maximum absolute atomic E-state index is 13.9. The molecule has 1 amide bonds. The number of hydrogen-bond acceptors (Lipinski definition) is 3. The van der Waals surface area contributed by atoms with Gasteiger partial charge in [-0.3, -0.25) is 9.69 Å². The van der Waals surface area contributed by atoms with Crippen LogP contribution in [-0.2, 0) is 17.8 Å². The van der Waals surface area contributed by atoms with Crippen LogP contribution in [-0.4, -0.2) is 42.0 Å². The Morgan fingerprint density at radius 3 is 2.47 bits per heavy atom. The van der Waals surface area contributed by atoms with Crippen LogP contribution < -0.4 is 10.6 Å². The number of piperidine rings is 3. The van der Waals surface area contributed by atoms with Crippen molar-refractivity contribution in [1.29, 1.82) is 0 Å². The van der Waals surface area contributed by atoms with Gasteiger partial charge >= 0.3 is 0 Å². The van der Waals surface area contributed by atoms with Crippen molar-refractivity contribution >= 4 is 5.91 Å². The van der Waals surface area contributed by atoms with Crippen LogP contribution in [0.5, 0.6) is 0 Å². The van der Waals surface area contributed by atoms with E-state index in [-0.39, 0.29) is 11.8 Å². The van der Waals surface area contributed by atoms with Gasteiger partial charge in [-0.25, -0.2) is 0 Å². The lowest BCUT2D eigenvalue weighted by atomic mass is 9.53. The lowest BCUT2D eigenvalue weighted by Crippen LogP contribution is -2.79. The molecule has 4 bridgehead atoms. The summed E-state index contributed by atoms with van der Waals surface area (Å²) in [5, 5.41) is 7.13. The number of nitrogens with zero attached hydrogens (tertiary/aromatic N) is 1. The first-order valence-electron chi connectivity index (χ1n) is 12.4. The molecule has 2 N–H and O–H groups in total. The number of nitrogens with one attached hydrogen (secondary N) is 2. The highest BCUT2D eigenvalue weighted by atomic mass is 16.2. The van der Waals surface area contributed by atoms with E-state index in [1.54, 1.807) is 0 Å². The second-order valence-corrected chi connectivity index (χ2v) is 10.6. The number of amides is 1. The van der Waals surface area contributed by atoms with E-state index in [1.165, 1.54) is 18.5 Å². The standard InChI is InChI=1S/C28H37N3O/c1-20(2)19-31-14-13-23-16-28(27(32)29-17-22-11-7-4-8-12-22)25(26(31)24(23)18-30-28)15-21-9-5-3-6-10-21/h3-12,20,23-26,30H,13-19H2,1-2H3,(H,29,32). The minimum atomic E-state index is -0.482. The second kappa shape index (κ2) is 8.99. The smallest absolute Gasteiger partial charge is 0.240 e. The quantitative estimate of drug-likeness (QED) is 0.700. The number of benzene rings is 2. The lowest BCUT2D eigenvalue weighted by Gasteiger charge is -2.64. The number of carbonyl (C=O) groups is 1. The molecule has 170 valence electrons. The highest BCUT2D eigenvalue weighted by Crippen LogP contribution is 2.52. The van der Waals surface area contributed by atoms with Crippen LogP contribution in [0.1, 0.15) is 37.8 Å². The molecule has 0 radical (unpaired) electrons. The molecule has 4 nitrogen and oxygen atoms in total. The van der Waals surface area contributed by atoms with Gasteiger partial charge < -0.3 is 10.6 Å². The Bertz CT molecular complexity index is 915. The number of carbonyl (C=O) groups excluding carboxylic acids is 1. The molecule has 5 atom stereocenters. The molecule has 2 aromatic rings. The van der Waals surface area contributed by atoms with Crippen molar-refractivity contribution in [2.45, 2.75) is 51.2 Å². The highest BCUT2D eigenvalue weighted by Gasteiger charge is 2.62. The molecule has 2 aromatic carbocycles. The first kappa shape index (κ1) is 21.7. The molecule has 32 heavy (non-hydrogen) atoms.